The maximum Gasteiger partial charge on any atom is 0.315 e. The third kappa shape index (κ3) is 4.60. The molecule has 6 aliphatic rings. The van der Waals surface area contributed by atoms with Crippen molar-refractivity contribution in [1.82, 2.24) is 0 Å². The maximum absolute atomic E-state index is 14.5. The summed E-state index contributed by atoms with van der Waals surface area (Å²) in [5.74, 6) is -1.07. The van der Waals surface area contributed by atoms with E-state index in [0.717, 1.165) is 31.3 Å². The molecule has 8 N–H and O–H groups in total. The van der Waals surface area contributed by atoms with Crippen LogP contribution in [0, 0.1) is 50.2 Å². The van der Waals surface area contributed by atoms with Gasteiger partial charge in [0, 0.05) is 16.7 Å². The van der Waals surface area contributed by atoms with Gasteiger partial charge in [-0.05, 0) is 79.4 Å². The maximum atomic E-state index is 14.5. The third-order valence-corrected chi connectivity index (χ3v) is 15.6. The zero-order chi connectivity index (χ0) is 34.7. The van der Waals surface area contributed by atoms with E-state index in [-0.39, 0.29) is 35.7 Å². The van der Waals surface area contributed by atoms with Crippen LogP contribution in [0.1, 0.15) is 92.9 Å². The summed E-state index contributed by atoms with van der Waals surface area (Å²) in [5.41, 5.74) is -2.65. The van der Waals surface area contributed by atoms with E-state index in [0.29, 0.717) is 19.3 Å². The van der Waals surface area contributed by atoms with Gasteiger partial charge >= 0.3 is 5.97 Å². The van der Waals surface area contributed by atoms with E-state index in [2.05, 4.69) is 26.8 Å². The smallest absolute Gasteiger partial charge is 0.315 e. The number of carbonyl (C=O) groups excluding carboxylic acids is 1. The van der Waals surface area contributed by atoms with Crippen LogP contribution in [0.15, 0.2) is 11.6 Å². The summed E-state index contributed by atoms with van der Waals surface area (Å²) in [4.78, 5) is 14.5. The number of allylic oxidation sites excluding steroid dienone is 1. The average molecular weight is 667 g/mol. The Morgan fingerprint density at radius 2 is 1.53 bits per heavy atom. The lowest BCUT2D eigenvalue weighted by atomic mass is 9.33. The van der Waals surface area contributed by atoms with Crippen LogP contribution in [0.2, 0.25) is 0 Å². The number of carbonyl (C=O) groups is 1. The molecule has 0 aromatic heterocycles. The molecule has 0 aromatic carbocycles. The Bertz CT molecular complexity index is 1270. The van der Waals surface area contributed by atoms with Crippen LogP contribution in [0.3, 0.4) is 0 Å². The Labute approximate surface area is 278 Å². The van der Waals surface area contributed by atoms with Crippen molar-refractivity contribution in [1.29, 1.82) is 0 Å². The Morgan fingerprint density at radius 1 is 0.851 bits per heavy atom. The SMILES string of the molecule is CC1(C)[C@H](O)C[C@]2(C(=O)O[C@@H]3O[C@H](CO)[C@@H](O)[C@H](O)[C@H]3O)CC[C@]3(C)C(=CC[C@@H]4[C@@]5(C)CC[C@@H](O)[C@](C)(CO)[C@@H]5CC[C@]43C)[C@@H]2[C@@H]1O. The summed E-state index contributed by atoms with van der Waals surface area (Å²) in [5, 5.41) is 86.2. The van der Waals surface area contributed by atoms with Crippen molar-refractivity contribution in [2.45, 2.75) is 142 Å². The predicted molar refractivity (Wildman–Crippen MR) is 169 cm³/mol. The number of fused-ring (bicyclic) bond motifs is 7. The van der Waals surface area contributed by atoms with E-state index in [1.165, 1.54) is 0 Å². The molecule has 0 spiro atoms. The number of hydrogen-bond donors (Lipinski definition) is 8. The molecule has 1 aliphatic heterocycles. The highest BCUT2D eigenvalue weighted by Gasteiger charge is 2.72. The van der Waals surface area contributed by atoms with Crippen LogP contribution >= 0.6 is 0 Å². The first-order chi connectivity index (χ1) is 21.8. The Kier molecular flexibility index (Phi) is 8.68. The van der Waals surface area contributed by atoms with Crippen molar-refractivity contribution < 1.29 is 55.1 Å². The van der Waals surface area contributed by atoms with Crippen LogP contribution < -0.4 is 0 Å². The van der Waals surface area contributed by atoms with E-state index < -0.39 is 89.2 Å². The molecule has 4 saturated carbocycles. The number of aliphatic hydroxyl groups is 8. The molecular weight excluding hydrogens is 608 g/mol. The number of aliphatic hydroxyl groups excluding tert-OH is 8. The van der Waals surface area contributed by atoms with Crippen LogP contribution in [0.4, 0.5) is 0 Å². The minimum absolute atomic E-state index is 0.0259. The molecule has 5 fully saturated rings. The highest BCUT2D eigenvalue weighted by atomic mass is 16.7. The highest BCUT2D eigenvalue weighted by molar-refractivity contribution is 5.79. The highest BCUT2D eigenvalue weighted by Crippen LogP contribution is 2.75. The standard InChI is InChI=1S/C36H58O11/c1-31(2)23(40)15-36(30(45)47-29-27(43)26(42)25(41)19(16-37)46-29)14-13-34(5)18(24(36)28(31)44)7-8-21-32(3)11-10-22(39)33(4,17-38)20(32)9-12-35(21,34)6/h7,19-29,37-44H,8-17H2,1-6H3/t19-,20-,21-,22-,23-,24-,25-,26+,27-,28+,29+,32+,33-,34-,35-,36-/m1/s1. The van der Waals surface area contributed by atoms with E-state index in [1.54, 1.807) is 0 Å². The predicted octanol–water partition coefficient (Wildman–Crippen LogP) is 1.41. The number of esters is 1. The van der Waals surface area contributed by atoms with Crippen molar-refractivity contribution in [2.75, 3.05) is 13.2 Å². The molecule has 11 heteroatoms. The molecule has 47 heavy (non-hydrogen) atoms. The monoisotopic (exact) mass is 666 g/mol. The van der Waals surface area contributed by atoms with Crippen molar-refractivity contribution in [3.05, 3.63) is 11.6 Å². The van der Waals surface area contributed by atoms with Crippen LogP contribution in [0.25, 0.3) is 0 Å². The molecule has 0 unspecified atom stereocenters. The molecule has 5 aliphatic carbocycles. The fourth-order valence-electron chi connectivity index (χ4n) is 12.0. The second kappa shape index (κ2) is 11.4. The Hall–Kier alpha value is -1.15. The minimum atomic E-state index is -1.77. The van der Waals surface area contributed by atoms with E-state index in [4.69, 9.17) is 9.47 Å². The molecule has 268 valence electrons. The zero-order valence-corrected chi connectivity index (χ0v) is 28.8. The van der Waals surface area contributed by atoms with Gasteiger partial charge in [0.15, 0.2) is 0 Å². The van der Waals surface area contributed by atoms with Gasteiger partial charge in [-0.25, -0.2) is 0 Å². The Balaban J connectivity index is 1.40. The van der Waals surface area contributed by atoms with Gasteiger partial charge in [-0.3, -0.25) is 4.79 Å². The van der Waals surface area contributed by atoms with Crippen LogP contribution in [-0.2, 0) is 14.3 Å². The largest absolute Gasteiger partial charge is 0.432 e. The fourth-order valence-corrected chi connectivity index (χ4v) is 12.0. The van der Waals surface area contributed by atoms with Gasteiger partial charge in [0.25, 0.3) is 0 Å². The summed E-state index contributed by atoms with van der Waals surface area (Å²) < 4.78 is 11.3. The lowest BCUT2D eigenvalue weighted by Gasteiger charge is -2.71. The lowest BCUT2D eigenvalue weighted by Crippen LogP contribution is -2.69. The second-order valence-electron chi connectivity index (χ2n) is 17.7. The molecule has 0 bridgehead atoms. The zero-order valence-electron chi connectivity index (χ0n) is 28.8. The number of hydrogen-bond acceptors (Lipinski definition) is 11. The van der Waals surface area contributed by atoms with E-state index >= 15 is 0 Å². The van der Waals surface area contributed by atoms with Crippen LogP contribution in [-0.4, -0.2) is 109 Å². The van der Waals surface area contributed by atoms with E-state index in [1.807, 2.05) is 20.8 Å². The molecular formula is C36H58O11. The first-order valence-corrected chi connectivity index (χ1v) is 17.7. The quantitative estimate of drug-likeness (QED) is 0.160. The van der Waals surface area contributed by atoms with Gasteiger partial charge in [-0.2, -0.15) is 0 Å². The first kappa shape index (κ1) is 35.7. The van der Waals surface area contributed by atoms with E-state index in [9.17, 15) is 45.6 Å². The summed E-state index contributed by atoms with van der Waals surface area (Å²) in [6.07, 6.45) is -3.63. The van der Waals surface area contributed by atoms with Gasteiger partial charge in [-0.15, -0.1) is 0 Å². The normalized spacial score (nSPS) is 55.4. The fraction of sp³-hybridized carbons (Fsp3) is 0.917. The minimum Gasteiger partial charge on any atom is -0.432 e. The molecule has 0 radical (unpaired) electrons. The Morgan fingerprint density at radius 3 is 2.17 bits per heavy atom. The molecule has 16 atom stereocenters. The van der Waals surface area contributed by atoms with Gasteiger partial charge in [0.05, 0.1) is 36.9 Å². The van der Waals surface area contributed by atoms with Crippen molar-refractivity contribution in [2.24, 2.45) is 50.2 Å². The molecule has 11 nitrogen and oxygen atoms in total. The molecule has 6 rings (SSSR count). The van der Waals surface area contributed by atoms with Gasteiger partial charge in [-0.1, -0.05) is 53.2 Å². The summed E-state index contributed by atoms with van der Waals surface area (Å²) in [6, 6.07) is 0. The second-order valence-corrected chi connectivity index (χ2v) is 17.7. The van der Waals surface area contributed by atoms with Crippen molar-refractivity contribution >= 4 is 5.97 Å². The summed E-state index contributed by atoms with van der Waals surface area (Å²) in [7, 11) is 0. The number of ether oxygens (including phenoxy) is 2. The summed E-state index contributed by atoms with van der Waals surface area (Å²) >= 11 is 0. The van der Waals surface area contributed by atoms with Crippen LogP contribution in [0.5, 0.6) is 0 Å². The molecule has 1 saturated heterocycles. The van der Waals surface area contributed by atoms with Gasteiger partial charge in [0.2, 0.25) is 6.29 Å². The van der Waals surface area contributed by atoms with Crippen molar-refractivity contribution in [3.63, 3.8) is 0 Å². The summed E-state index contributed by atoms with van der Waals surface area (Å²) in [6.45, 7) is 11.9. The average Bonchev–Trinajstić information content (AvgIpc) is 3.02. The van der Waals surface area contributed by atoms with Crippen molar-refractivity contribution in [3.8, 4) is 0 Å². The third-order valence-electron chi connectivity index (χ3n) is 15.6. The molecule has 0 aromatic rings. The molecule has 0 amide bonds. The van der Waals surface area contributed by atoms with Gasteiger partial charge < -0.3 is 50.3 Å². The van der Waals surface area contributed by atoms with Gasteiger partial charge in [0.1, 0.15) is 24.4 Å². The lowest BCUT2D eigenvalue weighted by molar-refractivity contribution is -0.300. The molecule has 1 heterocycles. The first-order valence-electron chi connectivity index (χ1n) is 17.7. The number of rotatable bonds is 4. The topological polar surface area (TPSA) is 197 Å².